The lowest BCUT2D eigenvalue weighted by molar-refractivity contribution is 0.0273. The molecule has 7 heteroatoms. The summed E-state index contributed by atoms with van der Waals surface area (Å²) in [5.41, 5.74) is 1.50. The lowest BCUT2D eigenvalue weighted by Crippen LogP contribution is -2.44. The molecule has 0 radical (unpaired) electrons. The van der Waals surface area contributed by atoms with Crippen molar-refractivity contribution in [3.8, 4) is 0 Å². The van der Waals surface area contributed by atoms with E-state index in [2.05, 4.69) is 15.9 Å². The molecule has 1 fully saturated rings. The van der Waals surface area contributed by atoms with E-state index in [1.165, 1.54) is 0 Å². The van der Waals surface area contributed by atoms with Crippen molar-refractivity contribution < 1.29 is 19.1 Å². The average Bonchev–Trinajstić information content (AvgIpc) is 3.16. The van der Waals surface area contributed by atoms with Crippen LogP contribution in [0.15, 0.2) is 53.0 Å². The molecule has 0 N–H and O–H groups in total. The van der Waals surface area contributed by atoms with Crippen LogP contribution in [0.2, 0.25) is 0 Å². The first-order valence-electron chi connectivity index (χ1n) is 9.53. The molecule has 2 aromatic rings. The van der Waals surface area contributed by atoms with Crippen LogP contribution in [0.3, 0.4) is 0 Å². The van der Waals surface area contributed by atoms with Gasteiger partial charge in [-0.15, -0.1) is 0 Å². The first-order chi connectivity index (χ1) is 13.7. The van der Waals surface area contributed by atoms with Crippen LogP contribution in [0.4, 0.5) is 10.5 Å². The van der Waals surface area contributed by atoms with Crippen molar-refractivity contribution in [1.82, 2.24) is 5.01 Å². The van der Waals surface area contributed by atoms with E-state index in [9.17, 15) is 9.59 Å². The molecule has 1 heterocycles. The minimum Gasteiger partial charge on any atom is -0.457 e. The summed E-state index contributed by atoms with van der Waals surface area (Å²) in [6.07, 6.45) is 0.410. The van der Waals surface area contributed by atoms with Crippen LogP contribution < -0.4 is 5.01 Å². The number of anilines is 1. The molecular formula is C22H25BrN2O4. The van der Waals surface area contributed by atoms with Gasteiger partial charge in [-0.3, -0.25) is 5.01 Å². The smallest absolute Gasteiger partial charge is 0.429 e. The fraction of sp³-hybridized carbons (Fsp3) is 0.364. The Balaban J connectivity index is 1.75. The van der Waals surface area contributed by atoms with Gasteiger partial charge in [0.1, 0.15) is 12.2 Å². The van der Waals surface area contributed by atoms with E-state index in [1.54, 1.807) is 23.2 Å². The van der Waals surface area contributed by atoms with Gasteiger partial charge in [-0.05, 0) is 66.9 Å². The molecule has 0 unspecified atom stereocenters. The summed E-state index contributed by atoms with van der Waals surface area (Å²) >= 11 is 3.53. The molecule has 1 saturated heterocycles. The van der Waals surface area contributed by atoms with Crippen LogP contribution in [-0.2, 0) is 16.1 Å². The highest BCUT2D eigenvalue weighted by atomic mass is 79.9. The molecule has 0 aliphatic carbocycles. The van der Waals surface area contributed by atoms with Gasteiger partial charge in [0, 0.05) is 17.6 Å². The summed E-state index contributed by atoms with van der Waals surface area (Å²) in [5, 5.41) is 3.41. The van der Waals surface area contributed by atoms with Gasteiger partial charge < -0.3 is 9.47 Å². The Kier molecular flexibility index (Phi) is 6.47. The van der Waals surface area contributed by atoms with Gasteiger partial charge >= 0.3 is 12.1 Å². The Morgan fingerprint density at radius 3 is 2.48 bits per heavy atom. The number of hydrogen-bond acceptors (Lipinski definition) is 5. The predicted molar refractivity (Wildman–Crippen MR) is 115 cm³/mol. The number of amides is 1. The first-order valence-corrected chi connectivity index (χ1v) is 10.3. The van der Waals surface area contributed by atoms with Gasteiger partial charge in [-0.1, -0.05) is 30.3 Å². The number of benzene rings is 2. The molecule has 0 saturated carbocycles. The maximum absolute atomic E-state index is 12.6. The minimum atomic E-state index is -0.578. The Hall–Kier alpha value is -2.54. The van der Waals surface area contributed by atoms with Crippen molar-refractivity contribution in [3.63, 3.8) is 0 Å². The molecule has 3 rings (SSSR count). The highest BCUT2D eigenvalue weighted by Crippen LogP contribution is 2.32. The number of esters is 1. The van der Waals surface area contributed by atoms with E-state index in [0.717, 1.165) is 22.1 Å². The van der Waals surface area contributed by atoms with Gasteiger partial charge in [0.05, 0.1) is 11.3 Å². The van der Waals surface area contributed by atoms with Gasteiger partial charge in [-0.25, -0.2) is 14.6 Å². The van der Waals surface area contributed by atoms with E-state index in [0.29, 0.717) is 18.7 Å². The Morgan fingerprint density at radius 2 is 1.79 bits per heavy atom. The van der Waals surface area contributed by atoms with E-state index < -0.39 is 17.7 Å². The number of carbonyl (C=O) groups excluding carboxylic acids is 2. The number of ether oxygens (including phenoxy) is 2. The summed E-state index contributed by atoms with van der Waals surface area (Å²) in [7, 11) is 0. The number of hydrogen-bond donors (Lipinski definition) is 0. The maximum Gasteiger partial charge on any atom is 0.429 e. The monoisotopic (exact) mass is 460 g/mol. The molecule has 1 aliphatic heterocycles. The third-order valence-electron chi connectivity index (χ3n) is 4.31. The lowest BCUT2D eigenvalue weighted by Gasteiger charge is -2.32. The standard InChI is InChI=1S/C22H25BrN2O4/c1-22(2,3)29-21(27)25-13-7-12-24(25)19-14-17(10-11-18(19)23)20(26)28-15-16-8-5-4-6-9-16/h4-6,8-11,14H,7,12-13,15H2,1-3H3. The Morgan fingerprint density at radius 1 is 1.07 bits per heavy atom. The second-order valence-corrected chi connectivity index (χ2v) is 8.66. The zero-order valence-electron chi connectivity index (χ0n) is 16.9. The van der Waals surface area contributed by atoms with Gasteiger partial charge in [-0.2, -0.15) is 0 Å². The van der Waals surface area contributed by atoms with E-state index in [1.807, 2.05) is 56.1 Å². The van der Waals surface area contributed by atoms with Crippen LogP contribution in [0, 0.1) is 0 Å². The van der Waals surface area contributed by atoms with Crippen molar-refractivity contribution in [2.45, 2.75) is 39.4 Å². The first kappa shape index (κ1) is 21.2. The number of carbonyl (C=O) groups is 2. The highest BCUT2D eigenvalue weighted by molar-refractivity contribution is 9.10. The fourth-order valence-corrected chi connectivity index (χ4v) is 3.46. The van der Waals surface area contributed by atoms with E-state index in [4.69, 9.17) is 9.47 Å². The zero-order chi connectivity index (χ0) is 21.0. The Labute approximate surface area is 179 Å². The molecule has 29 heavy (non-hydrogen) atoms. The lowest BCUT2D eigenvalue weighted by atomic mass is 10.2. The van der Waals surface area contributed by atoms with Crippen LogP contribution >= 0.6 is 15.9 Å². The maximum atomic E-state index is 12.6. The summed E-state index contributed by atoms with van der Waals surface area (Å²) in [4.78, 5) is 25.1. The predicted octanol–water partition coefficient (Wildman–Crippen LogP) is 5.17. The summed E-state index contributed by atoms with van der Waals surface area (Å²) in [6.45, 7) is 6.93. The van der Waals surface area contributed by atoms with Crippen molar-refractivity contribution in [1.29, 1.82) is 0 Å². The van der Waals surface area contributed by atoms with Gasteiger partial charge in [0.15, 0.2) is 0 Å². The molecule has 154 valence electrons. The fourth-order valence-electron chi connectivity index (χ4n) is 3.01. The zero-order valence-corrected chi connectivity index (χ0v) is 18.4. The second-order valence-electron chi connectivity index (χ2n) is 7.81. The van der Waals surface area contributed by atoms with Crippen molar-refractivity contribution >= 4 is 33.7 Å². The van der Waals surface area contributed by atoms with Crippen molar-refractivity contribution in [2.75, 3.05) is 18.1 Å². The van der Waals surface area contributed by atoms with Crippen LogP contribution in [0.5, 0.6) is 0 Å². The molecule has 1 aliphatic rings. The van der Waals surface area contributed by atoms with E-state index in [-0.39, 0.29) is 6.61 Å². The normalized spacial score (nSPS) is 14.1. The summed E-state index contributed by atoms with van der Waals surface area (Å²) < 4.78 is 11.7. The minimum absolute atomic E-state index is 0.207. The van der Waals surface area contributed by atoms with Crippen LogP contribution in [0.25, 0.3) is 0 Å². The van der Waals surface area contributed by atoms with Gasteiger partial charge in [0.25, 0.3) is 0 Å². The largest absolute Gasteiger partial charge is 0.457 e. The number of nitrogens with zero attached hydrogens (tertiary/aromatic N) is 2. The second kappa shape index (κ2) is 8.86. The molecule has 2 aromatic carbocycles. The van der Waals surface area contributed by atoms with Crippen LogP contribution in [-0.4, -0.2) is 35.8 Å². The molecule has 0 bridgehead atoms. The third kappa shape index (κ3) is 5.50. The molecule has 6 nitrogen and oxygen atoms in total. The topological polar surface area (TPSA) is 59.1 Å². The number of rotatable bonds is 4. The molecule has 1 amide bonds. The van der Waals surface area contributed by atoms with E-state index >= 15 is 0 Å². The number of hydrazine groups is 1. The quantitative estimate of drug-likeness (QED) is 0.589. The Bertz CT molecular complexity index is 880. The highest BCUT2D eigenvalue weighted by Gasteiger charge is 2.32. The van der Waals surface area contributed by atoms with Crippen LogP contribution in [0.1, 0.15) is 43.1 Å². The third-order valence-corrected chi connectivity index (χ3v) is 4.98. The molecule has 0 atom stereocenters. The molecule has 0 aromatic heterocycles. The molecule has 0 spiro atoms. The van der Waals surface area contributed by atoms with Gasteiger partial charge in [0.2, 0.25) is 0 Å². The average molecular weight is 461 g/mol. The SMILES string of the molecule is CC(C)(C)OC(=O)N1CCCN1c1cc(C(=O)OCc2ccccc2)ccc1Br. The number of halogens is 1. The van der Waals surface area contributed by atoms with Crippen molar-refractivity contribution in [2.24, 2.45) is 0 Å². The summed E-state index contributed by atoms with van der Waals surface area (Å²) in [6, 6.07) is 14.8. The molecular weight excluding hydrogens is 436 g/mol. The summed E-state index contributed by atoms with van der Waals surface area (Å²) in [5.74, 6) is -0.411. The van der Waals surface area contributed by atoms with Crippen molar-refractivity contribution in [3.05, 3.63) is 64.1 Å².